The summed E-state index contributed by atoms with van der Waals surface area (Å²) in [5, 5.41) is 9.07. The van der Waals surface area contributed by atoms with Crippen LogP contribution in [0.5, 0.6) is 0 Å². The first-order valence-corrected chi connectivity index (χ1v) is 7.04. The van der Waals surface area contributed by atoms with Gasteiger partial charge in [-0.2, -0.15) is 0 Å². The van der Waals surface area contributed by atoms with Crippen LogP contribution in [0.4, 0.5) is 0 Å². The second kappa shape index (κ2) is 7.70. The first-order chi connectivity index (χ1) is 8.19. The molecular formula is C14H27NO2. The number of aliphatic hydroxyl groups excluding tert-OH is 1. The SMILES string of the molecule is CCCCCN(C)C(=O)C1CCC(CO)CC1. The van der Waals surface area contributed by atoms with Crippen molar-refractivity contribution in [1.82, 2.24) is 4.90 Å². The molecular weight excluding hydrogens is 214 g/mol. The van der Waals surface area contributed by atoms with Crippen LogP contribution in [0, 0.1) is 11.8 Å². The molecule has 0 unspecified atom stereocenters. The molecule has 3 nitrogen and oxygen atoms in total. The van der Waals surface area contributed by atoms with Crippen LogP contribution in [-0.2, 0) is 4.79 Å². The fraction of sp³-hybridized carbons (Fsp3) is 0.929. The van der Waals surface area contributed by atoms with E-state index < -0.39 is 0 Å². The number of aliphatic hydroxyl groups is 1. The van der Waals surface area contributed by atoms with Gasteiger partial charge in [-0.3, -0.25) is 4.79 Å². The Bertz CT molecular complexity index is 222. The molecule has 0 aromatic rings. The van der Waals surface area contributed by atoms with E-state index in [1.165, 1.54) is 12.8 Å². The standard InChI is InChI=1S/C14H27NO2/c1-3-4-5-10-15(2)14(17)13-8-6-12(11-16)7-9-13/h12-13,16H,3-11H2,1-2H3. The summed E-state index contributed by atoms with van der Waals surface area (Å²) in [4.78, 5) is 14.1. The average Bonchev–Trinajstić information content (AvgIpc) is 2.38. The second-order valence-electron chi connectivity index (χ2n) is 5.37. The molecule has 1 aliphatic rings. The lowest BCUT2D eigenvalue weighted by molar-refractivity contribution is -0.135. The van der Waals surface area contributed by atoms with Crippen molar-refractivity contribution in [1.29, 1.82) is 0 Å². The van der Waals surface area contributed by atoms with E-state index in [-0.39, 0.29) is 12.5 Å². The summed E-state index contributed by atoms with van der Waals surface area (Å²) in [6.45, 7) is 3.36. The molecule has 1 amide bonds. The van der Waals surface area contributed by atoms with Crippen LogP contribution in [-0.4, -0.2) is 36.1 Å². The Morgan fingerprint density at radius 2 is 1.88 bits per heavy atom. The van der Waals surface area contributed by atoms with Gasteiger partial charge in [0.15, 0.2) is 0 Å². The number of nitrogens with zero attached hydrogens (tertiary/aromatic N) is 1. The van der Waals surface area contributed by atoms with Crippen LogP contribution < -0.4 is 0 Å². The Hall–Kier alpha value is -0.570. The first kappa shape index (κ1) is 14.5. The Labute approximate surface area is 105 Å². The highest BCUT2D eigenvalue weighted by molar-refractivity contribution is 5.78. The van der Waals surface area contributed by atoms with E-state index in [0.717, 1.165) is 38.6 Å². The Balaban J connectivity index is 2.27. The summed E-state index contributed by atoms with van der Waals surface area (Å²) in [7, 11) is 1.93. The van der Waals surface area contributed by atoms with Gasteiger partial charge in [0, 0.05) is 26.1 Å². The summed E-state index contributed by atoms with van der Waals surface area (Å²) in [5.74, 6) is 0.964. The van der Waals surface area contributed by atoms with Crippen molar-refractivity contribution in [3.63, 3.8) is 0 Å². The highest BCUT2D eigenvalue weighted by Crippen LogP contribution is 2.29. The summed E-state index contributed by atoms with van der Waals surface area (Å²) >= 11 is 0. The topological polar surface area (TPSA) is 40.5 Å². The summed E-state index contributed by atoms with van der Waals surface area (Å²) in [6, 6.07) is 0. The minimum absolute atomic E-state index is 0.212. The molecule has 0 aromatic carbocycles. The van der Waals surface area contributed by atoms with E-state index in [9.17, 15) is 4.79 Å². The van der Waals surface area contributed by atoms with E-state index in [1.807, 2.05) is 11.9 Å². The maximum Gasteiger partial charge on any atom is 0.225 e. The van der Waals surface area contributed by atoms with Crippen molar-refractivity contribution in [2.24, 2.45) is 11.8 Å². The van der Waals surface area contributed by atoms with E-state index in [1.54, 1.807) is 0 Å². The molecule has 0 atom stereocenters. The molecule has 100 valence electrons. The van der Waals surface area contributed by atoms with Crippen LogP contribution in [0.15, 0.2) is 0 Å². The minimum Gasteiger partial charge on any atom is -0.396 e. The van der Waals surface area contributed by atoms with Crippen molar-refractivity contribution in [3.8, 4) is 0 Å². The van der Waals surface area contributed by atoms with E-state index >= 15 is 0 Å². The highest BCUT2D eigenvalue weighted by atomic mass is 16.3. The molecule has 1 rings (SSSR count). The van der Waals surface area contributed by atoms with Gasteiger partial charge in [0.2, 0.25) is 5.91 Å². The fourth-order valence-corrected chi connectivity index (χ4v) is 2.61. The number of hydrogen-bond acceptors (Lipinski definition) is 2. The zero-order chi connectivity index (χ0) is 12.7. The zero-order valence-electron chi connectivity index (χ0n) is 11.3. The van der Waals surface area contributed by atoms with Crippen molar-refractivity contribution < 1.29 is 9.90 Å². The monoisotopic (exact) mass is 241 g/mol. The largest absolute Gasteiger partial charge is 0.396 e. The van der Waals surface area contributed by atoms with Crippen LogP contribution >= 0.6 is 0 Å². The van der Waals surface area contributed by atoms with E-state index in [4.69, 9.17) is 5.11 Å². The lowest BCUT2D eigenvalue weighted by Crippen LogP contribution is -2.35. The minimum atomic E-state index is 0.212. The quantitative estimate of drug-likeness (QED) is 0.726. The fourth-order valence-electron chi connectivity index (χ4n) is 2.61. The van der Waals surface area contributed by atoms with Gasteiger partial charge < -0.3 is 10.0 Å². The number of carbonyl (C=O) groups excluding carboxylic acids is 1. The Kier molecular flexibility index (Phi) is 6.56. The third-order valence-corrected chi connectivity index (χ3v) is 3.93. The molecule has 0 saturated heterocycles. The second-order valence-corrected chi connectivity index (χ2v) is 5.37. The number of amides is 1. The van der Waals surface area contributed by atoms with Gasteiger partial charge in [0.1, 0.15) is 0 Å². The molecule has 0 aliphatic heterocycles. The van der Waals surface area contributed by atoms with Gasteiger partial charge in [-0.05, 0) is 38.0 Å². The summed E-state index contributed by atoms with van der Waals surface area (Å²) in [5.41, 5.74) is 0. The maximum atomic E-state index is 12.2. The molecule has 3 heteroatoms. The predicted octanol–water partition coefficient (Wildman–Crippen LogP) is 2.43. The van der Waals surface area contributed by atoms with Gasteiger partial charge in [-0.15, -0.1) is 0 Å². The van der Waals surface area contributed by atoms with Gasteiger partial charge in [0.25, 0.3) is 0 Å². The third-order valence-electron chi connectivity index (χ3n) is 3.93. The smallest absolute Gasteiger partial charge is 0.225 e. The first-order valence-electron chi connectivity index (χ1n) is 7.04. The van der Waals surface area contributed by atoms with Crippen LogP contribution in [0.3, 0.4) is 0 Å². The van der Waals surface area contributed by atoms with Gasteiger partial charge in [-0.25, -0.2) is 0 Å². The number of rotatable bonds is 6. The molecule has 0 aromatic heterocycles. The van der Waals surface area contributed by atoms with Gasteiger partial charge >= 0.3 is 0 Å². The number of hydrogen-bond donors (Lipinski definition) is 1. The molecule has 0 bridgehead atoms. The van der Waals surface area contributed by atoms with E-state index in [0.29, 0.717) is 11.8 Å². The van der Waals surface area contributed by atoms with Crippen LogP contribution in [0.1, 0.15) is 51.9 Å². The molecule has 1 N–H and O–H groups in total. The van der Waals surface area contributed by atoms with Crippen LogP contribution in [0.25, 0.3) is 0 Å². The highest BCUT2D eigenvalue weighted by Gasteiger charge is 2.27. The lowest BCUT2D eigenvalue weighted by atomic mass is 9.82. The lowest BCUT2D eigenvalue weighted by Gasteiger charge is -2.29. The maximum absolute atomic E-state index is 12.2. The van der Waals surface area contributed by atoms with Crippen LogP contribution in [0.2, 0.25) is 0 Å². The van der Waals surface area contributed by atoms with Gasteiger partial charge in [-0.1, -0.05) is 19.8 Å². The zero-order valence-corrected chi connectivity index (χ0v) is 11.3. The summed E-state index contributed by atoms with van der Waals surface area (Å²) < 4.78 is 0. The molecule has 0 spiro atoms. The summed E-state index contributed by atoms with van der Waals surface area (Å²) in [6.07, 6.45) is 7.46. The van der Waals surface area contributed by atoms with Crippen molar-refractivity contribution in [2.45, 2.75) is 51.9 Å². The van der Waals surface area contributed by atoms with E-state index in [2.05, 4.69) is 6.92 Å². The molecule has 0 heterocycles. The molecule has 17 heavy (non-hydrogen) atoms. The van der Waals surface area contributed by atoms with Crippen molar-refractivity contribution in [3.05, 3.63) is 0 Å². The third kappa shape index (κ3) is 4.66. The molecule has 1 aliphatic carbocycles. The van der Waals surface area contributed by atoms with Crippen molar-refractivity contribution in [2.75, 3.05) is 20.2 Å². The molecule has 1 fully saturated rings. The number of carbonyl (C=O) groups is 1. The van der Waals surface area contributed by atoms with Gasteiger partial charge in [0.05, 0.1) is 0 Å². The molecule has 0 radical (unpaired) electrons. The average molecular weight is 241 g/mol. The Morgan fingerprint density at radius 1 is 1.24 bits per heavy atom. The van der Waals surface area contributed by atoms with Crippen molar-refractivity contribution >= 4 is 5.91 Å². The normalized spacial score (nSPS) is 24.6. The Morgan fingerprint density at radius 3 is 2.41 bits per heavy atom. The molecule has 1 saturated carbocycles. The number of unbranched alkanes of at least 4 members (excludes halogenated alkanes) is 2. The predicted molar refractivity (Wildman–Crippen MR) is 69.7 cm³/mol.